The molecule has 0 bridgehead atoms. The van der Waals surface area contributed by atoms with Gasteiger partial charge in [-0.05, 0) is 130 Å². The molecule has 0 aromatic heterocycles. The number of aliphatic hydroxyl groups is 5. The summed E-state index contributed by atoms with van der Waals surface area (Å²) in [6.07, 6.45) is -21.2. The van der Waals surface area contributed by atoms with E-state index in [1.165, 1.54) is 11.9 Å². The summed E-state index contributed by atoms with van der Waals surface area (Å²) in [5, 5.41) is 69.8. The van der Waals surface area contributed by atoms with Crippen LogP contribution >= 0.6 is 0 Å². The maximum atomic E-state index is 13.9. The minimum absolute atomic E-state index is 0.0243. The van der Waals surface area contributed by atoms with Gasteiger partial charge in [0.05, 0.1) is 36.9 Å². The first-order chi connectivity index (χ1) is 33.7. The molecule has 3 aliphatic rings. The number of aliphatic hydroxyl groups excluding tert-OH is 5. The molecule has 0 aromatic carbocycles. The number of alkyl carbamates (subject to hydrolysis) is 4. The third-order valence-corrected chi connectivity index (χ3v) is 10.9. The molecular weight excluding hydrogens is 981 g/mol. The van der Waals surface area contributed by atoms with Gasteiger partial charge in [-0.3, -0.25) is 4.79 Å². The first-order valence-corrected chi connectivity index (χ1v) is 24.9. The van der Waals surface area contributed by atoms with Crippen molar-refractivity contribution in [3.05, 3.63) is 0 Å². The molecular formula is C48H86N6O20. The molecule has 6 unspecified atom stereocenters. The number of rotatable bonds is 15. The van der Waals surface area contributed by atoms with Gasteiger partial charge in [0.15, 0.2) is 12.6 Å². The van der Waals surface area contributed by atoms with Crippen LogP contribution in [0.5, 0.6) is 0 Å². The van der Waals surface area contributed by atoms with Crippen molar-refractivity contribution in [2.45, 2.75) is 243 Å². The molecule has 1 aliphatic carbocycles. The van der Waals surface area contributed by atoms with Crippen LogP contribution in [0.25, 0.3) is 0 Å². The van der Waals surface area contributed by atoms with Crippen LogP contribution in [-0.2, 0) is 47.4 Å². The highest BCUT2D eigenvalue weighted by atomic mass is 16.7. The van der Waals surface area contributed by atoms with Gasteiger partial charge in [-0.1, -0.05) is 0 Å². The third-order valence-electron chi connectivity index (χ3n) is 10.9. The molecule has 0 radical (unpaired) electrons. The SMILES string of the molecule is CN(CC1CCC(NC(=O)OC(C)(C)C)[C@@H](OC2C(O)[C@@H](O[C@H]3OC(CO)[C@@H](O)[C@H](NC(=O)OC(C)(C)C)C3O)[C@H](NC(=O)[C@@H](O)CCNC(=O)OC(C)(C)C)C[C@@H]2NC(=O)OC(C)(C)C)O1)C(=O)OC(C)(C)C. The van der Waals surface area contributed by atoms with Crippen LogP contribution < -0.4 is 26.6 Å². The highest BCUT2D eigenvalue weighted by molar-refractivity contribution is 5.81. The van der Waals surface area contributed by atoms with Crippen molar-refractivity contribution in [1.29, 1.82) is 0 Å². The fourth-order valence-electron chi connectivity index (χ4n) is 7.89. The van der Waals surface area contributed by atoms with Gasteiger partial charge in [0.25, 0.3) is 0 Å². The summed E-state index contributed by atoms with van der Waals surface area (Å²) >= 11 is 0. The van der Waals surface area contributed by atoms with Gasteiger partial charge >= 0.3 is 30.5 Å². The van der Waals surface area contributed by atoms with E-state index in [0.29, 0.717) is 0 Å². The van der Waals surface area contributed by atoms with E-state index >= 15 is 0 Å². The standard InChI is InChI=1S/C48H86N6O20/c1-44(2,3)70-39(61)49-20-19-28(56)36(60)50-26-21-27(52-41(63)72-46(7,8)9)35(33(59)34(26)69-38-32(58)30(31(57)29(23-55)67-38)53-42(64)73-47(10,11)12)68-37-25(51-40(62)71-45(4,5)6)18-17-24(66-37)22-54(16)43(65)74-48(13,14)15/h24-35,37-38,55-59H,17-23H2,1-16H3,(H,49,61)(H,50,60)(H,51,62)(H,52,63)(H,53,64)/t24?,25?,26-,27+,28+,29?,30+,31-,32?,33?,34+,35?,37-,38-/m1/s1. The van der Waals surface area contributed by atoms with Crippen molar-refractivity contribution < 1.29 is 96.9 Å². The van der Waals surface area contributed by atoms with Gasteiger partial charge in [0, 0.05) is 20.1 Å². The second kappa shape index (κ2) is 26.0. The number of amides is 6. The van der Waals surface area contributed by atoms with Gasteiger partial charge in [0.2, 0.25) is 5.91 Å². The predicted molar refractivity (Wildman–Crippen MR) is 261 cm³/mol. The third kappa shape index (κ3) is 21.6. The van der Waals surface area contributed by atoms with Gasteiger partial charge in [0.1, 0.15) is 70.7 Å². The lowest BCUT2D eigenvalue weighted by Gasteiger charge is -2.49. The summed E-state index contributed by atoms with van der Waals surface area (Å²) in [5.41, 5.74) is -4.64. The van der Waals surface area contributed by atoms with E-state index < -0.39 is 163 Å². The van der Waals surface area contributed by atoms with Crippen LogP contribution in [-0.4, -0.2) is 207 Å². The molecule has 26 heteroatoms. The Morgan fingerprint density at radius 1 is 0.581 bits per heavy atom. The van der Waals surface area contributed by atoms with Crippen LogP contribution in [0.1, 0.15) is 130 Å². The van der Waals surface area contributed by atoms with Gasteiger partial charge in [-0.25, -0.2) is 24.0 Å². The number of likely N-dealkylation sites (N-methyl/N-ethyl adjacent to an activating group) is 1. The van der Waals surface area contributed by atoms with E-state index in [1.54, 1.807) is 104 Å². The fraction of sp³-hybridized carbons (Fsp3) is 0.875. The van der Waals surface area contributed by atoms with Crippen molar-refractivity contribution in [2.75, 3.05) is 26.7 Å². The van der Waals surface area contributed by atoms with Crippen molar-refractivity contribution in [3.63, 3.8) is 0 Å². The van der Waals surface area contributed by atoms with Gasteiger partial charge < -0.3 is 99.6 Å². The Balaban J connectivity index is 2.14. The summed E-state index contributed by atoms with van der Waals surface area (Å²) < 4.78 is 52.4. The van der Waals surface area contributed by atoms with E-state index in [4.69, 9.17) is 42.6 Å². The zero-order valence-electron chi connectivity index (χ0n) is 45.8. The quantitative estimate of drug-likeness (QED) is 0.104. The molecule has 428 valence electrons. The molecule has 1 saturated carbocycles. The molecule has 2 aliphatic heterocycles. The number of nitrogens with zero attached hydrogens (tertiary/aromatic N) is 1. The van der Waals surface area contributed by atoms with Crippen LogP contribution in [0.3, 0.4) is 0 Å². The molecule has 2 heterocycles. The number of carbonyl (C=O) groups excluding carboxylic acids is 6. The number of ether oxygens (including phenoxy) is 9. The summed E-state index contributed by atoms with van der Waals surface area (Å²) in [5.74, 6) is -1.04. The Bertz CT molecular complexity index is 1880. The second-order valence-electron chi connectivity index (χ2n) is 23.7. The summed E-state index contributed by atoms with van der Waals surface area (Å²) in [7, 11) is 1.50. The molecule has 6 amide bonds. The zero-order valence-corrected chi connectivity index (χ0v) is 45.8. The Labute approximate surface area is 433 Å². The Hall–Kier alpha value is -4.54. The molecule has 26 nitrogen and oxygen atoms in total. The number of carbonyl (C=O) groups is 6. The molecule has 14 atom stereocenters. The van der Waals surface area contributed by atoms with Crippen LogP contribution in [0.15, 0.2) is 0 Å². The molecule has 2 saturated heterocycles. The molecule has 0 spiro atoms. The number of hydrogen-bond donors (Lipinski definition) is 10. The Morgan fingerprint density at radius 2 is 1.04 bits per heavy atom. The van der Waals surface area contributed by atoms with Crippen molar-refractivity contribution in [3.8, 4) is 0 Å². The summed E-state index contributed by atoms with van der Waals surface area (Å²) in [4.78, 5) is 80.4. The highest BCUT2D eigenvalue weighted by Crippen LogP contribution is 2.34. The molecule has 10 N–H and O–H groups in total. The van der Waals surface area contributed by atoms with E-state index in [-0.39, 0.29) is 32.4 Å². The first kappa shape index (κ1) is 63.8. The Kier molecular flexibility index (Phi) is 22.4. The first-order valence-electron chi connectivity index (χ1n) is 24.9. The molecule has 3 rings (SSSR count). The fourth-order valence-corrected chi connectivity index (χ4v) is 7.89. The van der Waals surface area contributed by atoms with Crippen LogP contribution in [0.4, 0.5) is 24.0 Å². The topological polar surface area (TPSA) is 350 Å². The maximum Gasteiger partial charge on any atom is 0.410 e. The van der Waals surface area contributed by atoms with Crippen molar-refractivity contribution in [1.82, 2.24) is 31.5 Å². The Morgan fingerprint density at radius 3 is 1.54 bits per heavy atom. The van der Waals surface area contributed by atoms with Gasteiger partial charge in [-0.2, -0.15) is 0 Å². The van der Waals surface area contributed by atoms with Crippen molar-refractivity contribution in [2.24, 2.45) is 0 Å². The van der Waals surface area contributed by atoms with E-state index in [2.05, 4.69) is 26.6 Å². The van der Waals surface area contributed by atoms with E-state index in [0.717, 1.165) is 0 Å². The highest BCUT2D eigenvalue weighted by Gasteiger charge is 2.54. The number of nitrogens with one attached hydrogen (secondary N) is 5. The minimum Gasteiger partial charge on any atom is -0.444 e. The minimum atomic E-state index is -2.00. The molecule has 3 fully saturated rings. The van der Waals surface area contributed by atoms with E-state index in [9.17, 15) is 54.3 Å². The van der Waals surface area contributed by atoms with Crippen LogP contribution in [0, 0.1) is 0 Å². The lowest BCUT2D eigenvalue weighted by molar-refractivity contribution is -0.316. The zero-order chi connectivity index (χ0) is 56.5. The second-order valence-corrected chi connectivity index (χ2v) is 23.7. The monoisotopic (exact) mass is 1070 g/mol. The summed E-state index contributed by atoms with van der Waals surface area (Å²) in [6, 6.07) is -5.39. The molecule has 0 aromatic rings. The lowest BCUT2D eigenvalue weighted by Crippen LogP contribution is -2.70. The summed E-state index contributed by atoms with van der Waals surface area (Å²) in [6.45, 7) is 23.5. The smallest absolute Gasteiger partial charge is 0.410 e. The lowest BCUT2D eigenvalue weighted by atomic mass is 9.83. The molecule has 74 heavy (non-hydrogen) atoms. The van der Waals surface area contributed by atoms with E-state index in [1.807, 2.05) is 0 Å². The predicted octanol–water partition coefficient (Wildman–Crippen LogP) is 1.77. The normalized spacial score (nSPS) is 29.3. The maximum absolute atomic E-state index is 13.9. The van der Waals surface area contributed by atoms with Crippen molar-refractivity contribution >= 4 is 36.4 Å². The average Bonchev–Trinajstić information content (AvgIpc) is 3.20. The number of hydrogen-bond acceptors (Lipinski definition) is 20. The van der Waals surface area contributed by atoms with Crippen LogP contribution in [0.2, 0.25) is 0 Å². The largest absolute Gasteiger partial charge is 0.444 e. The average molecular weight is 1070 g/mol. The van der Waals surface area contributed by atoms with Gasteiger partial charge in [-0.15, -0.1) is 0 Å².